The predicted molar refractivity (Wildman–Crippen MR) is 48.2 cm³/mol. The molecule has 1 saturated carbocycles. The van der Waals surface area contributed by atoms with Gasteiger partial charge in [-0.25, -0.2) is 8.78 Å². The molecule has 5 nitrogen and oxygen atoms in total. The summed E-state index contributed by atoms with van der Waals surface area (Å²) >= 11 is 0. The lowest BCUT2D eigenvalue weighted by molar-refractivity contribution is 0.0867. The van der Waals surface area contributed by atoms with E-state index in [4.69, 9.17) is 5.73 Å². The van der Waals surface area contributed by atoms with Crippen molar-refractivity contribution in [2.45, 2.75) is 44.2 Å². The van der Waals surface area contributed by atoms with Crippen LogP contribution in [0, 0.1) is 0 Å². The summed E-state index contributed by atoms with van der Waals surface area (Å²) in [5.74, 6) is -2.99. The third-order valence-electron chi connectivity index (χ3n) is 2.44. The van der Waals surface area contributed by atoms with Gasteiger partial charge in [-0.05, 0) is 26.0 Å². The van der Waals surface area contributed by atoms with Gasteiger partial charge in [0, 0.05) is 6.42 Å². The van der Waals surface area contributed by atoms with Crippen molar-refractivity contribution in [3.63, 3.8) is 0 Å². The zero-order valence-corrected chi connectivity index (χ0v) is 8.83. The van der Waals surface area contributed by atoms with Gasteiger partial charge in [0.1, 0.15) is 0 Å². The summed E-state index contributed by atoms with van der Waals surface area (Å²) in [5.41, 5.74) is 3.38. The van der Waals surface area contributed by atoms with Crippen LogP contribution in [0.1, 0.15) is 33.0 Å². The number of rotatable bonds is 1. The fourth-order valence-corrected chi connectivity index (χ4v) is 1.23. The van der Waals surface area contributed by atoms with Gasteiger partial charge in [-0.1, -0.05) is 0 Å². The molecule has 1 aliphatic carbocycles. The Bertz CT molecular complexity index is 394. The maximum Gasteiger partial charge on any atom is 0.275 e. The van der Waals surface area contributed by atoms with Gasteiger partial charge in [-0.3, -0.25) is 0 Å². The number of hydrogen-bond donors (Lipinski definition) is 1. The highest BCUT2D eigenvalue weighted by atomic mass is 19.3. The Balaban J connectivity index is 2.31. The third kappa shape index (κ3) is 1.41. The lowest BCUT2D eigenvalue weighted by Crippen LogP contribution is -2.30. The molecule has 15 heavy (non-hydrogen) atoms. The van der Waals surface area contributed by atoms with Gasteiger partial charge in [0.05, 0.1) is 5.54 Å². The van der Waals surface area contributed by atoms with E-state index in [0.717, 1.165) is 0 Å². The minimum atomic E-state index is -2.90. The molecule has 1 unspecified atom stereocenters. The SMILES string of the molecule is CC(C)(C)n1nnc(C2(N)CC2(F)F)n1. The van der Waals surface area contributed by atoms with E-state index < -0.39 is 17.9 Å². The minimum Gasteiger partial charge on any atom is -0.313 e. The summed E-state index contributed by atoms with van der Waals surface area (Å²) < 4.78 is 25.9. The number of aromatic nitrogens is 4. The van der Waals surface area contributed by atoms with Crippen LogP contribution >= 0.6 is 0 Å². The summed E-state index contributed by atoms with van der Waals surface area (Å²) in [4.78, 5) is 1.30. The number of alkyl halides is 2. The molecule has 7 heteroatoms. The minimum absolute atomic E-state index is 0.0811. The van der Waals surface area contributed by atoms with Crippen molar-refractivity contribution in [2.75, 3.05) is 0 Å². The van der Waals surface area contributed by atoms with Crippen molar-refractivity contribution in [2.24, 2.45) is 5.73 Å². The monoisotopic (exact) mass is 217 g/mol. The summed E-state index contributed by atoms with van der Waals surface area (Å²) in [6, 6.07) is 0. The predicted octanol–water partition coefficient (Wildman–Crippen LogP) is 0.621. The summed E-state index contributed by atoms with van der Waals surface area (Å²) in [7, 11) is 0. The fourth-order valence-electron chi connectivity index (χ4n) is 1.23. The highest BCUT2D eigenvalue weighted by Crippen LogP contribution is 2.56. The molecule has 1 aromatic rings. The average Bonchev–Trinajstić information content (AvgIpc) is 2.51. The zero-order valence-electron chi connectivity index (χ0n) is 8.83. The summed E-state index contributed by atoms with van der Waals surface area (Å²) in [6.45, 7) is 5.56. The number of halogens is 2. The van der Waals surface area contributed by atoms with Gasteiger partial charge < -0.3 is 5.73 Å². The Labute approximate surface area is 85.6 Å². The topological polar surface area (TPSA) is 69.6 Å². The van der Waals surface area contributed by atoms with E-state index in [2.05, 4.69) is 15.4 Å². The van der Waals surface area contributed by atoms with Gasteiger partial charge in [-0.15, -0.1) is 10.2 Å². The average molecular weight is 217 g/mol. The van der Waals surface area contributed by atoms with E-state index in [-0.39, 0.29) is 11.4 Å². The van der Waals surface area contributed by atoms with Gasteiger partial charge in [0.25, 0.3) is 5.92 Å². The highest BCUT2D eigenvalue weighted by molar-refractivity contribution is 5.23. The van der Waals surface area contributed by atoms with Crippen LogP contribution in [0.25, 0.3) is 0 Å². The Morgan fingerprint density at radius 3 is 2.27 bits per heavy atom. The molecule has 2 N–H and O–H groups in total. The molecule has 0 amide bonds. The third-order valence-corrected chi connectivity index (χ3v) is 2.44. The lowest BCUT2D eigenvalue weighted by Gasteiger charge is -2.15. The van der Waals surface area contributed by atoms with Crippen molar-refractivity contribution in [1.29, 1.82) is 0 Å². The maximum atomic E-state index is 12.9. The van der Waals surface area contributed by atoms with Crippen molar-refractivity contribution in [1.82, 2.24) is 20.2 Å². The summed E-state index contributed by atoms with van der Waals surface area (Å²) in [6.07, 6.45) is -0.407. The quantitative estimate of drug-likeness (QED) is 0.748. The molecule has 2 rings (SSSR count). The molecule has 0 aliphatic heterocycles. The van der Waals surface area contributed by atoms with Crippen molar-refractivity contribution < 1.29 is 8.78 Å². The smallest absolute Gasteiger partial charge is 0.275 e. The summed E-state index contributed by atoms with van der Waals surface area (Å²) in [5, 5.41) is 11.2. The van der Waals surface area contributed by atoms with Crippen LogP contribution in [0.4, 0.5) is 8.78 Å². The van der Waals surface area contributed by atoms with Crippen LogP contribution in [0.2, 0.25) is 0 Å². The molecule has 1 heterocycles. The zero-order chi connectivity index (χ0) is 11.5. The van der Waals surface area contributed by atoms with Crippen LogP contribution in [-0.2, 0) is 11.1 Å². The first-order valence-electron chi connectivity index (χ1n) is 4.64. The molecular formula is C8H13F2N5. The maximum absolute atomic E-state index is 12.9. The Morgan fingerprint density at radius 2 is 1.93 bits per heavy atom. The van der Waals surface area contributed by atoms with Gasteiger partial charge >= 0.3 is 0 Å². The molecule has 0 bridgehead atoms. The standard InChI is InChI=1S/C8H13F2N5/c1-6(2,3)15-13-5(12-14-15)7(11)4-8(7,9)10/h4,11H2,1-3H3. The first kappa shape index (κ1) is 10.4. The molecule has 1 atom stereocenters. The van der Waals surface area contributed by atoms with E-state index in [0.29, 0.717) is 0 Å². The van der Waals surface area contributed by atoms with Crippen LogP contribution in [0.15, 0.2) is 0 Å². The molecule has 0 saturated heterocycles. The molecule has 0 aromatic carbocycles. The van der Waals surface area contributed by atoms with E-state index in [9.17, 15) is 8.78 Å². The van der Waals surface area contributed by atoms with E-state index >= 15 is 0 Å². The van der Waals surface area contributed by atoms with Crippen LogP contribution in [0.5, 0.6) is 0 Å². The molecule has 1 fully saturated rings. The number of nitrogens with zero attached hydrogens (tertiary/aromatic N) is 4. The van der Waals surface area contributed by atoms with Crippen molar-refractivity contribution >= 4 is 0 Å². The molecule has 1 aliphatic rings. The second-order valence-electron chi connectivity index (χ2n) is 4.93. The van der Waals surface area contributed by atoms with Crippen LogP contribution in [0.3, 0.4) is 0 Å². The second-order valence-corrected chi connectivity index (χ2v) is 4.93. The Hall–Kier alpha value is -1.11. The number of hydrogen-bond acceptors (Lipinski definition) is 4. The fraction of sp³-hybridized carbons (Fsp3) is 0.875. The van der Waals surface area contributed by atoms with Gasteiger partial charge in [0.2, 0.25) is 5.82 Å². The van der Waals surface area contributed by atoms with E-state index in [1.165, 1.54) is 4.80 Å². The normalized spacial score (nSPS) is 29.2. The first-order chi connectivity index (χ1) is 6.67. The molecule has 0 spiro atoms. The van der Waals surface area contributed by atoms with Gasteiger partial charge in [0.15, 0.2) is 5.54 Å². The number of tetrazole rings is 1. The van der Waals surface area contributed by atoms with Crippen LogP contribution < -0.4 is 5.73 Å². The largest absolute Gasteiger partial charge is 0.313 e. The van der Waals surface area contributed by atoms with Gasteiger partial charge in [-0.2, -0.15) is 4.80 Å². The molecular weight excluding hydrogens is 204 g/mol. The van der Waals surface area contributed by atoms with Crippen molar-refractivity contribution in [3.05, 3.63) is 5.82 Å². The second kappa shape index (κ2) is 2.52. The lowest BCUT2D eigenvalue weighted by atomic mass is 10.1. The van der Waals surface area contributed by atoms with Crippen molar-refractivity contribution in [3.8, 4) is 0 Å². The number of nitrogens with two attached hydrogens (primary N) is 1. The van der Waals surface area contributed by atoms with E-state index in [1.54, 1.807) is 0 Å². The Morgan fingerprint density at radius 1 is 1.40 bits per heavy atom. The van der Waals surface area contributed by atoms with E-state index in [1.807, 2.05) is 20.8 Å². The Kier molecular flexibility index (Phi) is 1.75. The molecule has 0 radical (unpaired) electrons. The highest BCUT2D eigenvalue weighted by Gasteiger charge is 2.72. The van der Waals surface area contributed by atoms with Crippen LogP contribution in [-0.4, -0.2) is 26.1 Å². The molecule has 84 valence electrons. The molecule has 1 aromatic heterocycles. The first-order valence-corrected chi connectivity index (χ1v) is 4.64.